The zero-order chi connectivity index (χ0) is 16.2. The summed E-state index contributed by atoms with van der Waals surface area (Å²) in [7, 11) is 0. The Morgan fingerprint density at radius 2 is 1.12 bits per heavy atom. The fourth-order valence-corrected chi connectivity index (χ4v) is 3.01. The van der Waals surface area contributed by atoms with Gasteiger partial charge in [-0.3, -0.25) is 0 Å². The summed E-state index contributed by atoms with van der Waals surface area (Å²) in [4.78, 5) is 2.24. The van der Waals surface area contributed by atoms with E-state index in [4.69, 9.17) is 9.47 Å². The summed E-state index contributed by atoms with van der Waals surface area (Å²) in [6, 6.07) is 29.0. The predicted molar refractivity (Wildman–Crippen MR) is 95.8 cm³/mol. The quantitative estimate of drug-likeness (QED) is 0.660. The number of hydrogen-bond acceptors (Lipinski definition) is 3. The van der Waals surface area contributed by atoms with Gasteiger partial charge in [0.1, 0.15) is 0 Å². The Bertz CT molecular complexity index is 744. The number of anilines is 3. The molecule has 3 nitrogen and oxygen atoms in total. The SMILES string of the molecule is c1ccc(N(c2ccccc2)c2ccccc2C2OCCO2)cc1. The smallest absolute Gasteiger partial charge is 0.186 e. The van der Waals surface area contributed by atoms with Crippen LogP contribution in [0.15, 0.2) is 84.9 Å². The Morgan fingerprint density at radius 3 is 1.71 bits per heavy atom. The summed E-state index contributed by atoms with van der Waals surface area (Å²) < 4.78 is 11.5. The lowest BCUT2D eigenvalue weighted by atomic mass is 10.1. The number of benzene rings is 3. The van der Waals surface area contributed by atoms with Crippen LogP contribution in [0, 0.1) is 0 Å². The molecule has 3 aromatic rings. The topological polar surface area (TPSA) is 21.7 Å². The van der Waals surface area contributed by atoms with E-state index in [0.717, 1.165) is 22.6 Å². The minimum Gasteiger partial charge on any atom is -0.346 e. The van der Waals surface area contributed by atoms with E-state index < -0.39 is 0 Å². The van der Waals surface area contributed by atoms with Gasteiger partial charge in [-0.15, -0.1) is 0 Å². The molecule has 0 saturated carbocycles. The molecule has 4 rings (SSSR count). The van der Waals surface area contributed by atoms with Gasteiger partial charge in [-0.2, -0.15) is 0 Å². The highest BCUT2D eigenvalue weighted by molar-refractivity contribution is 5.78. The molecular formula is C21H19NO2. The minimum absolute atomic E-state index is 0.309. The molecule has 120 valence electrons. The second kappa shape index (κ2) is 6.87. The summed E-state index contributed by atoms with van der Waals surface area (Å²) >= 11 is 0. The number of para-hydroxylation sites is 3. The van der Waals surface area contributed by atoms with Gasteiger partial charge >= 0.3 is 0 Å². The predicted octanol–water partition coefficient (Wildman–Crippen LogP) is 5.20. The van der Waals surface area contributed by atoms with Crippen LogP contribution in [0.1, 0.15) is 11.9 Å². The summed E-state index contributed by atoms with van der Waals surface area (Å²) in [6.45, 7) is 1.27. The maximum atomic E-state index is 5.75. The first kappa shape index (κ1) is 14.9. The average molecular weight is 317 g/mol. The lowest BCUT2D eigenvalue weighted by Crippen LogP contribution is -2.13. The van der Waals surface area contributed by atoms with E-state index in [-0.39, 0.29) is 6.29 Å². The van der Waals surface area contributed by atoms with Crippen molar-refractivity contribution in [3.05, 3.63) is 90.5 Å². The van der Waals surface area contributed by atoms with Gasteiger partial charge in [-0.1, -0.05) is 54.6 Å². The van der Waals surface area contributed by atoms with Crippen LogP contribution in [0.3, 0.4) is 0 Å². The van der Waals surface area contributed by atoms with Crippen molar-refractivity contribution >= 4 is 17.1 Å². The van der Waals surface area contributed by atoms with Crippen molar-refractivity contribution in [2.45, 2.75) is 6.29 Å². The molecule has 0 bridgehead atoms. The highest BCUT2D eigenvalue weighted by Crippen LogP contribution is 2.40. The Labute approximate surface area is 142 Å². The van der Waals surface area contributed by atoms with Gasteiger partial charge in [0.15, 0.2) is 6.29 Å². The van der Waals surface area contributed by atoms with Crippen molar-refractivity contribution in [2.24, 2.45) is 0 Å². The molecule has 0 spiro atoms. The number of nitrogens with zero attached hydrogens (tertiary/aromatic N) is 1. The summed E-state index contributed by atoms with van der Waals surface area (Å²) in [5.74, 6) is 0. The van der Waals surface area contributed by atoms with Gasteiger partial charge in [0.2, 0.25) is 0 Å². The van der Waals surface area contributed by atoms with Crippen LogP contribution < -0.4 is 4.90 Å². The largest absolute Gasteiger partial charge is 0.346 e. The van der Waals surface area contributed by atoms with Crippen LogP contribution in [0.5, 0.6) is 0 Å². The van der Waals surface area contributed by atoms with Crippen molar-refractivity contribution in [1.29, 1.82) is 0 Å². The number of hydrogen-bond donors (Lipinski definition) is 0. The zero-order valence-corrected chi connectivity index (χ0v) is 13.3. The molecule has 0 unspecified atom stereocenters. The van der Waals surface area contributed by atoms with Crippen LogP contribution in [0.4, 0.5) is 17.1 Å². The molecular weight excluding hydrogens is 298 g/mol. The van der Waals surface area contributed by atoms with E-state index in [2.05, 4.69) is 65.6 Å². The Kier molecular flexibility index (Phi) is 4.28. The lowest BCUT2D eigenvalue weighted by Gasteiger charge is -2.28. The molecule has 1 aliphatic heterocycles. The van der Waals surface area contributed by atoms with Crippen LogP contribution in [-0.4, -0.2) is 13.2 Å². The molecule has 3 heteroatoms. The Balaban J connectivity index is 1.86. The van der Waals surface area contributed by atoms with Gasteiger partial charge in [-0.25, -0.2) is 0 Å². The van der Waals surface area contributed by atoms with Crippen molar-refractivity contribution < 1.29 is 9.47 Å². The summed E-state index contributed by atoms with van der Waals surface area (Å²) in [6.07, 6.45) is -0.309. The first-order valence-corrected chi connectivity index (χ1v) is 8.16. The third kappa shape index (κ3) is 2.92. The second-order valence-electron chi connectivity index (χ2n) is 5.64. The van der Waals surface area contributed by atoms with Gasteiger partial charge in [0, 0.05) is 16.9 Å². The summed E-state index contributed by atoms with van der Waals surface area (Å²) in [5, 5.41) is 0. The van der Waals surface area contributed by atoms with Gasteiger partial charge in [-0.05, 0) is 30.3 Å². The van der Waals surface area contributed by atoms with E-state index >= 15 is 0 Å². The molecule has 1 aliphatic rings. The van der Waals surface area contributed by atoms with Crippen LogP contribution in [-0.2, 0) is 9.47 Å². The molecule has 0 aromatic heterocycles. The van der Waals surface area contributed by atoms with Crippen molar-refractivity contribution in [2.75, 3.05) is 18.1 Å². The van der Waals surface area contributed by atoms with Gasteiger partial charge in [0.05, 0.1) is 18.9 Å². The van der Waals surface area contributed by atoms with E-state index in [9.17, 15) is 0 Å². The Hall–Kier alpha value is -2.62. The van der Waals surface area contributed by atoms with E-state index in [1.807, 2.05) is 24.3 Å². The zero-order valence-electron chi connectivity index (χ0n) is 13.3. The minimum atomic E-state index is -0.309. The van der Waals surface area contributed by atoms with Gasteiger partial charge in [0.25, 0.3) is 0 Å². The van der Waals surface area contributed by atoms with Crippen LogP contribution >= 0.6 is 0 Å². The third-order valence-corrected chi connectivity index (χ3v) is 4.08. The van der Waals surface area contributed by atoms with Crippen molar-refractivity contribution in [3.63, 3.8) is 0 Å². The maximum Gasteiger partial charge on any atom is 0.186 e. The molecule has 1 saturated heterocycles. The maximum absolute atomic E-state index is 5.75. The van der Waals surface area contributed by atoms with Crippen LogP contribution in [0.2, 0.25) is 0 Å². The van der Waals surface area contributed by atoms with Crippen molar-refractivity contribution in [1.82, 2.24) is 0 Å². The highest BCUT2D eigenvalue weighted by Gasteiger charge is 2.24. The fraction of sp³-hybridized carbons (Fsp3) is 0.143. The first-order chi connectivity index (χ1) is 11.9. The van der Waals surface area contributed by atoms with Crippen molar-refractivity contribution in [3.8, 4) is 0 Å². The molecule has 0 radical (unpaired) electrons. The molecule has 0 amide bonds. The van der Waals surface area contributed by atoms with E-state index in [1.165, 1.54) is 0 Å². The monoisotopic (exact) mass is 317 g/mol. The molecule has 0 N–H and O–H groups in total. The Morgan fingerprint density at radius 1 is 0.625 bits per heavy atom. The molecule has 1 heterocycles. The third-order valence-electron chi connectivity index (χ3n) is 4.08. The van der Waals surface area contributed by atoms with Crippen LogP contribution in [0.25, 0.3) is 0 Å². The van der Waals surface area contributed by atoms with E-state index in [1.54, 1.807) is 0 Å². The molecule has 0 aliphatic carbocycles. The molecule has 0 atom stereocenters. The number of ether oxygens (including phenoxy) is 2. The lowest BCUT2D eigenvalue weighted by molar-refractivity contribution is -0.0436. The van der Waals surface area contributed by atoms with E-state index in [0.29, 0.717) is 13.2 Å². The standard InChI is InChI=1S/C21H19NO2/c1-3-9-17(10-4-1)22(18-11-5-2-6-12-18)20-14-8-7-13-19(20)21-23-15-16-24-21/h1-14,21H,15-16H2. The number of rotatable bonds is 4. The average Bonchev–Trinajstić information content (AvgIpc) is 3.19. The first-order valence-electron chi connectivity index (χ1n) is 8.16. The molecule has 24 heavy (non-hydrogen) atoms. The second-order valence-corrected chi connectivity index (χ2v) is 5.64. The fourth-order valence-electron chi connectivity index (χ4n) is 3.01. The molecule has 1 fully saturated rings. The molecule has 3 aromatic carbocycles. The normalized spacial score (nSPS) is 14.7. The highest BCUT2D eigenvalue weighted by atomic mass is 16.7. The van der Waals surface area contributed by atoms with Gasteiger partial charge < -0.3 is 14.4 Å². The summed E-state index contributed by atoms with van der Waals surface area (Å²) in [5.41, 5.74) is 4.33.